The van der Waals surface area contributed by atoms with Gasteiger partial charge in [0, 0.05) is 19.2 Å². The maximum absolute atomic E-state index is 9.13. The minimum atomic E-state index is 0.707. The first-order valence-corrected chi connectivity index (χ1v) is 5.73. The predicted octanol–water partition coefficient (Wildman–Crippen LogP) is 2.72. The van der Waals surface area contributed by atoms with Crippen LogP contribution < -0.4 is 9.64 Å². The number of hydrogen-bond acceptors (Lipinski definition) is 3. The number of nitrogens with zero attached hydrogens (tertiary/aromatic N) is 2. The highest BCUT2D eigenvalue weighted by molar-refractivity contribution is 5.62. The van der Waals surface area contributed by atoms with Gasteiger partial charge in [0.2, 0.25) is 0 Å². The zero-order valence-corrected chi connectivity index (χ0v) is 10.2. The van der Waals surface area contributed by atoms with Crippen molar-refractivity contribution in [1.82, 2.24) is 0 Å². The van der Waals surface area contributed by atoms with Crippen molar-refractivity contribution in [2.24, 2.45) is 0 Å². The molecule has 1 heterocycles. The first-order chi connectivity index (χ1) is 8.24. The predicted molar refractivity (Wildman–Crippen MR) is 68.3 cm³/mol. The third-order valence-electron chi connectivity index (χ3n) is 3.10. The average molecular weight is 228 g/mol. The molecule has 0 atom stereocenters. The van der Waals surface area contributed by atoms with Crippen LogP contribution in [0.1, 0.15) is 18.9 Å². The van der Waals surface area contributed by atoms with Crippen LogP contribution in [0.2, 0.25) is 0 Å². The standard InChI is InChI=1S/C14H16N2O/c1-11-5-7-16(8-6-11)14-9-13(17-2)4-3-12(14)10-15/h3-5,9H,6-8H2,1-2H3. The van der Waals surface area contributed by atoms with Crippen LogP contribution >= 0.6 is 0 Å². The van der Waals surface area contributed by atoms with Crippen molar-refractivity contribution in [2.45, 2.75) is 13.3 Å². The molecular formula is C14H16N2O. The van der Waals surface area contributed by atoms with Crippen molar-refractivity contribution in [2.75, 3.05) is 25.1 Å². The van der Waals surface area contributed by atoms with E-state index in [0.29, 0.717) is 5.56 Å². The minimum absolute atomic E-state index is 0.707. The van der Waals surface area contributed by atoms with Crippen LogP contribution in [-0.4, -0.2) is 20.2 Å². The summed E-state index contributed by atoms with van der Waals surface area (Å²) in [5.41, 5.74) is 3.09. The van der Waals surface area contributed by atoms with Gasteiger partial charge in [0.15, 0.2) is 0 Å². The second-order valence-electron chi connectivity index (χ2n) is 4.24. The topological polar surface area (TPSA) is 36.3 Å². The second-order valence-corrected chi connectivity index (χ2v) is 4.24. The number of nitriles is 1. The Kier molecular flexibility index (Phi) is 3.34. The van der Waals surface area contributed by atoms with Crippen LogP contribution in [0.5, 0.6) is 5.75 Å². The minimum Gasteiger partial charge on any atom is -0.497 e. The molecule has 2 rings (SSSR count). The summed E-state index contributed by atoms with van der Waals surface area (Å²) in [6.07, 6.45) is 3.27. The van der Waals surface area contributed by atoms with E-state index in [9.17, 15) is 0 Å². The van der Waals surface area contributed by atoms with E-state index in [2.05, 4.69) is 24.0 Å². The fourth-order valence-electron chi connectivity index (χ4n) is 1.98. The van der Waals surface area contributed by atoms with E-state index in [1.54, 1.807) is 7.11 Å². The number of hydrogen-bond donors (Lipinski definition) is 0. The Labute approximate surface area is 102 Å². The molecule has 3 heteroatoms. The Bertz CT molecular complexity index is 485. The smallest absolute Gasteiger partial charge is 0.121 e. The number of benzene rings is 1. The molecule has 3 nitrogen and oxygen atoms in total. The molecule has 1 aliphatic rings. The van der Waals surface area contributed by atoms with Crippen molar-refractivity contribution in [1.29, 1.82) is 5.26 Å². The molecular weight excluding hydrogens is 212 g/mol. The van der Waals surface area contributed by atoms with Crippen LogP contribution in [0.4, 0.5) is 5.69 Å². The summed E-state index contributed by atoms with van der Waals surface area (Å²) >= 11 is 0. The first kappa shape index (κ1) is 11.5. The van der Waals surface area contributed by atoms with E-state index in [1.807, 2.05) is 18.2 Å². The fraction of sp³-hybridized carbons (Fsp3) is 0.357. The van der Waals surface area contributed by atoms with Gasteiger partial charge in [-0.25, -0.2) is 0 Å². The highest BCUT2D eigenvalue weighted by atomic mass is 16.5. The molecule has 1 aromatic rings. The van der Waals surface area contributed by atoms with Gasteiger partial charge in [0.25, 0.3) is 0 Å². The molecule has 0 saturated carbocycles. The molecule has 0 amide bonds. The van der Waals surface area contributed by atoms with Gasteiger partial charge in [-0.05, 0) is 25.5 Å². The highest BCUT2D eigenvalue weighted by Crippen LogP contribution is 2.27. The molecule has 0 fully saturated rings. The Morgan fingerprint density at radius 2 is 2.24 bits per heavy atom. The van der Waals surface area contributed by atoms with Crippen molar-refractivity contribution in [3.63, 3.8) is 0 Å². The van der Waals surface area contributed by atoms with E-state index in [4.69, 9.17) is 10.00 Å². The second kappa shape index (κ2) is 4.92. The van der Waals surface area contributed by atoms with Crippen molar-refractivity contribution >= 4 is 5.69 Å². The highest BCUT2D eigenvalue weighted by Gasteiger charge is 2.14. The van der Waals surface area contributed by atoms with Gasteiger partial charge >= 0.3 is 0 Å². The molecule has 0 aliphatic carbocycles. The summed E-state index contributed by atoms with van der Waals surface area (Å²) in [6.45, 7) is 3.98. The fourth-order valence-corrected chi connectivity index (χ4v) is 1.98. The van der Waals surface area contributed by atoms with Crippen molar-refractivity contribution in [3.05, 3.63) is 35.4 Å². The molecule has 0 bridgehead atoms. The molecule has 1 aromatic carbocycles. The SMILES string of the molecule is COc1ccc(C#N)c(N2CC=C(C)CC2)c1. The Hall–Kier alpha value is -1.95. The van der Waals surface area contributed by atoms with Crippen LogP contribution in [0.25, 0.3) is 0 Å². The molecule has 0 saturated heterocycles. The van der Waals surface area contributed by atoms with Gasteiger partial charge in [-0.1, -0.05) is 11.6 Å². The lowest BCUT2D eigenvalue weighted by Gasteiger charge is -2.28. The van der Waals surface area contributed by atoms with Gasteiger partial charge in [0.05, 0.1) is 18.4 Å². The van der Waals surface area contributed by atoms with E-state index >= 15 is 0 Å². The summed E-state index contributed by atoms with van der Waals surface area (Å²) in [4.78, 5) is 2.22. The normalized spacial score (nSPS) is 15.1. The number of anilines is 1. The van der Waals surface area contributed by atoms with Gasteiger partial charge in [-0.2, -0.15) is 5.26 Å². The lowest BCUT2D eigenvalue weighted by atomic mass is 10.1. The summed E-state index contributed by atoms with van der Waals surface area (Å²) in [6, 6.07) is 7.82. The number of methoxy groups -OCH3 is 1. The lowest BCUT2D eigenvalue weighted by Crippen LogP contribution is -2.28. The van der Waals surface area contributed by atoms with E-state index < -0.39 is 0 Å². The van der Waals surface area contributed by atoms with E-state index in [-0.39, 0.29) is 0 Å². The number of ether oxygens (including phenoxy) is 1. The lowest BCUT2D eigenvalue weighted by molar-refractivity contribution is 0.414. The monoisotopic (exact) mass is 228 g/mol. The zero-order valence-electron chi connectivity index (χ0n) is 10.2. The Morgan fingerprint density at radius 3 is 2.82 bits per heavy atom. The summed E-state index contributed by atoms with van der Waals surface area (Å²) in [7, 11) is 1.64. The van der Waals surface area contributed by atoms with Gasteiger partial charge < -0.3 is 9.64 Å². The molecule has 0 aromatic heterocycles. The van der Waals surface area contributed by atoms with Crippen LogP contribution in [0.15, 0.2) is 29.8 Å². The Balaban J connectivity index is 2.33. The largest absolute Gasteiger partial charge is 0.497 e. The van der Waals surface area contributed by atoms with Gasteiger partial charge in [-0.3, -0.25) is 0 Å². The molecule has 17 heavy (non-hydrogen) atoms. The summed E-state index contributed by atoms with van der Waals surface area (Å²) in [5, 5.41) is 9.13. The molecule has 88 valence electrons. The molecule has 0 unspecified atom stereocenters. The van der Waals surface area contributed by atoms with Crippen LogP contribution in [0.3, 0.4) is 0 Å². The first-order valence-electron chi connectivity index (χ1n) is 5.73. The average Bonchev–Trinajstić information content (AvgIpc) is 2.39. The molecule has 0 N–H and O–H groups in total. The zero-order chi connectivity index (χ0) is 12.3. The van der Waals surface area contributed by atoms with Crippen molar-refractivity contribution < 1.29 is 4.74 Å². The molecule has 1 aliphatic heterocycles. The van der Waals surface area contributed by atoms with Gasteiger partial charge in [0.1, 0.15) is 11.8 Å². The van der Waals surface area contributed by atoms with Gasteiger partial charge in [-0.15, -0.1) is 0 Å². The van der Waals surface area contributed by atoms with Crippen LogP contribution in [0, 0.1) is 11.3 Å². The third kappa shape index (κ3) is 2.42. The number of rotatable bonds is 2. The Morgan fingerprint density at radius 1 is 1.41 bits per heavy atom. The quantitative estimate of drug-likeness (QED) is 0.730. The third-order valence-corrected chi connectivity index (χ3v) is 3.10. The van der Waals surface area contributed by atoms with Crippen LogP contribution in [-0.2, 0) is 0 Å². The van der Waals surface area contributed by atoms with E-state index in [1.165, 1.54) is 5.57 Å². The maximum Gasteiger partial charge on any atom is 0.121 e. The summed E-state index contributed by atoms with van der Waals surface area (Å²) in [5.74, 6) is 0.797. The van der Waals surface area contributed by atoms with E-state index in [0.717, 1.165) is 30.9 Å². The van der Waals surface area contributed by atoms with Crippen molar-refractivity contribution in [3.8, 4) is 11.8 Å². The molecule has 0 spiro atoms. The summed E-state index contributed by atoms with van der Waals surface area (Å²) < 4.78 is 5.21. The molecule has 0 radical (unpaired) electrons. The maximum atomic E-state index is 9.13.